The first-order chi connectivity index (χ1) is 13.7. The van der Waals surface area contributed by atoms with Crippen LogP contribution in [0.5, 0.6) is 0 Å². The van der Waals surface area contributed by atoms with E-state index < -0.39 is 17.9 Å². The van der Waals surface area contributed by atoms with E-state index in [0.717, 1.165) is 30.1 Å². The largest absolute Gasteiger partial charge is 0.481 e. The molecule has 4 aliphatic carbocycles. The molecule has 0 heterocycles. The van der Waals surface area contributed by atoms with Gasteiger partial charge in [0.1, 0.15) is 0 Å². The first-order valence-corrected chi connectivity index (χ1v) is 12.1. The van der Waals surface area contributed by atoms with Gasteiger partial charge in [-0.25, -0.2) is 0 Å². The van der Waals surface area contributed by atoms with Crippen LogP contribution in [0.4, 0.5) is 0 Å². The Morgan fingerprint density at radius 3 is 2.24 bits per heavy atom. The highest BCUT2D eigenvalue weighted by Gasteiger charge is 2.60. The highest BCUT2D eigenvalue weighted by molar-refractivity contribution is 5.92. The second-order valence-electron chi connectivity index (χ2n) is 11.6. The fourth-order valence-corrected chi connectivity index (χ4v) is 9.11. The maximum absolute atomic E-state index is 11.4. The van der Waals surface area contributed by atoms with Crippen LogP contribution in [0.2, 0.25) is 0 Å². The summed E-state index contributed by atoms with van der Waals surface area (Å²) in [6, 6.07) is 0. The Morgan fingerprint density at radius 2 is 1.55 bits per heavy atom. The van der Waals surface area contributed by atoms with Gasteiger partial charge in [0.05, 0.1) is 0 Å². The quantitative estimate of drug-likeness (QED) is 0.564. The summed E-state index contributed by atoms with van der Waals surface area (Å²) in [6.07, 6.45) is 13.7. The van der Waals surface area contributed by atoms with Crippen molar-refractivity contribution in [3.8, 4) is 0 Å². The van der Waals surface area contributed by atoms with E-state index in [0.29, 0.717) is 11.3 Å². The number of carboxylic acids is 2. The van der Waals surface area contributed by atoms with Gasteiger partial charge < -0.3 is 10.2 Å². The lowest BCUT2D eigenvalue weighted by Crippen LogP contribution is -2.53. The molecule has 4 nitrogen and oxygen atoms in total. The van der Waals surface area contributed by atoms with Crippen LogP contribution in [0, 0.1) is 52.3 Å². The van der Waals surface area contributed by atoms with Gasteiger partial charge in [0, 0.05) is 0 Å². The van der Waals surface area contributed by atoms with Crippen molar-refractivity contribution in [1.82, 2.24) is 0 Å². The van der Waals surface area contributed by atoms with Gasteiger partial charge >= 0.3 is 11.9 Å². The summed E-state index contributed by atoms with van der Waals surface area (Å²) in [4.78, 5) is 22.9. The predicted molar refractivity (Wildman–Crippen MR) is 112 cm³/mol. The molecule has 4 saturated carbocycles. The van der Waals surface area contributed by atoms with Crippen molar-refractivity contribution in [2.45, 2.75) is 91.4 Å². The number of aliphatic carboxylic acids is 2. The van der Waals surface area contributed by atoms with Crippen LogP contribution in [0.1, 0.15) is 91.4 Å². The van der Waals surface area contributed by atoms with E-state index in [-0.39, 0.29) is 17.8 Å². The van der Waals surface area contributed by atoms with E-state index in [4.69, 9.17) is 0 Å². The number of hydrogen-bond donors (Lipinski definition) is 2. The summed E-state index contributed by atoms with van der Waals surface area (Å²) >= 11 is 0. The lowest BCUT2D eigenvalue weighted by molar-refractivity contribution is -0.156. The molecule has 0 saturated heterocycles. The summed E-state index contributed by atoms with van der Waals surface area (Å²) in [5, 5.41) is 18.7. The van der Waals surface area contributed by atoms with Gasteiger partial charge in [-0.05, 0) is 104 Å². The normalized spacial score (nSPS) is 45.2. The van der Waals surface area contributed by atoms with Crippen molar-refractivity contribution in [3.63, 3.8) is 0 Å². The van der Waals surface area contributed by atoms with Crippen LogP contribution < -0.4 is 0 Å². The van der Waals surface area contributed by atoms with E-state index in [1.165, 1.54) is 57.8 Å². The van der Waals surface area contributed by atoms with Crippen LogP contribution in [0.25, 0.3) is 0 Å². The molecule has 0 amide bonds. The minimum atomic E-state index is -1.26. The molecule has 29 heavy (non-hydrogen) atoms. The molecular weight excluding hydrogens is 364 g/mol. The van der Waals surface area contributed by atoms with Crippen molar-refractivity contribution in [3.05, 3.63) is 0 Å². The Morgan fingerprint density at radius 1 is 0.862 bits per heavy atom. The van der Waals surface area contributed by atoms with E-state index in [9.17, 15) is 19.8 Å². The zero-order chi connectivity index (χ0) is 21.0. The summed E-state index contributed by atoms with van der Waals surface area (Å²) < 4.78 is 0. The van der Waals surface area contributed by atoms with E-state index in [2.05, 4.69) is 20.8 Å². The van der Waals surface area contributed by atoms with Crippen molar-refractivity contribution in [1.29, 1.82) is 0 Å². The average molecular weight is 405 g/mol. The molecule has 4 aliphatic rings. The first kappa shape index (κ1) is 21.2. The summed E-state index contributed by atoms with van der Waals surface area (Å²) in [7, 11) is 0. The standard InChI is InChI=1S/C25H40O4/c1-15(14-18(22(26)27)23(28)29)19-9-10-20-17-8-7-16-6-4-5-12-24(16,2)21(17)11-13-25(19,20)3/h15-21H,4-14H2,1-3H3,(H,26,27)(H,28,29). The summed E-state index contributed by atoms with van der Waals surface area (Å²) in [5.74, 6) is 0.381. The third-order valence-electron chi connectivity index (χ3n) is 10.5. The topological polar surface area (TPSA) is 74.6 Å². The number of hydrogen-bond acceptors (Lipinski definition) is 2. The average Bonchev–Trinajstić information content (AvgIpc) is 3.02. The van der Waals surface area contributed by atoms with E-state index >= 15 is 0 Å². The molecule has 4 rings (SSSR count). The van der Waals surface area contributed by atoms with Gasteiger partial charge in [0.2, 0.25) is 0 Å². The van der Waals surface area contributed by atoms with Crippen LogP contribution in [-0.2, 0) is 9.59 Å². The Balaban J connectivity index is 1.52. The maximum atomic E-state index is 11.4. The predicted octanol–water partition coefficient (Wildman–Crippen LogP) is 5.85. The van der Waals surface area contributed by atoms with Gasteiger partial charge in [-0.1, -0.05) is 33.6 Å². The zero-order valence-electron chi connectivity index (χ0n) is 18.5. The molecule has 0 aromatic rings. The number of carbonyl (C=O) groups is 2. The highest BCUT2D eigenvalue weighted by atomic mass is 16.4. The molecule has 0 aromatic heterocycles. The van der Waals surface area contributed by atoms with Crippen LogP contribution in [-0.4, -0.2) is 22.2 Å². The minimum Gasteiger partial charge on any atom is -0.481 e. The van der Waals surface area contributed by atoms with Crippen molar-refractivity contribution in [2.75, 3.05) is 0 Å². The SMILES string of the molecule is CC(CC(C(=O)O)C(=O)O)C1CCC2C3CCC4CCCCC4(C)C3CCC12C. The third-order valence-corrected chi connectivity index (χ3v) is 10.5. The fraction of sp³-hybridized carbons (Fsp3) is 0.920. The molecule has 2 N–H and O–H groups in total. The Labute approximate surface area is 175 Å². The lowest BCUT2D eigenvalue weighted by atomic mass is 9.44. The van der Waals surface area contributed by atoms with Crippen LogP contribution in [0.3, 0.4) is 0 Å². The van der Waals surface area contributed by atoms with Crippen LogP contribution >= 0.6 is 0 Å². The van der Waals surface area contributed by atoms with Gasteiger partial charge in [0.25, 0.3) is 0 Å². The van der Waals surface area contributed by atoms with Gasteiger partial charge in [-0.15, -0.1) is 0 Å². The van der Waals surface area contributed by atoms with E-state index in [1.54, 1.807) is 0 Å². The molecule has 0 spiro atoms. The molecule has 4 fully saturated rings. The molecule has 0 bridgehead atoms. The third kappa shape index (κ3) is 3.33. The number of rotatable bonds is 5. The summed E-state index contributed by atoms with van der Waals surface area (Å²) in [5.41, 5.74) is 0.809. The second kappa shape index (κ2) is 7.57. The summed E-state index contributed by atoms with van der Waals surface area (Å²) in [6.45, 7) is 7.19. The highest BCUT2D eigenvalue weighted by Crippen LogP contribution is 2.68. The molecule has 0 aliphatic heterocycles. The second-order valence-corrected chi connectivity index (χ2v) is 11.6. The number of fused-ring (bicyclic) bond motifs is 5. The Kier molecular flexibility index (Phi) is 5.53. The molecule has 8 atom stereocenters. The van der Waals surface area contributed by atoms with Crippen molar-refractivity contribution >= 4 is 11.9 Å². The monoisotopic (exact) mass is 404 g/mol. The Hall–Kier alpha value is -1.06. The van der Waals surface area contributed by atoms with Crippen molar-refractivity contribution in [2.24, 2.45) is 52.3 Å². The molecule has 4 heteroatoms. The lowest BCUT2D eigenvalue weighted by Gasteiger charge is -2.61. The molecule has 8 unspecified atom stereocenters. The smallest absolute Gasteiger partial charge is 0.317 e. The van der Waals surface area contributed by atoms with Gasteiger partial charge in [0.15, 0.2) is 5.92 Å². The fourth-order valence-electron chi connectivity index (χ4n) is 9.11. The van der Waals surface area contributed by atoms with Gasteiger partial charge in [-0.3, -0.25) is 9.59 Å². The maximum Gasteiger partial charge on any atom is 0.317 e. The zero-order valence-corrected chi connectivity index (χ0v) is 18.5. The molecule has 0 aromatic carbocycles. The minimum absolute atomic E-state index is 0.153. The van der Waals surface area contributed by atoms with Gasteiger partial charge in [-0.2, -0.15) is 0 Å². The molecular formula is C25H40O4. The first-order valence-electron chi connectivity index (χ1n) is 12.1. The molecule has 0 radical (unpaired) electrons. The number of carboxylic acid groups (broad SMARTS) is 2. The van der Waals surface area contributed by atoms with Crippen LogP contribution in [0.15, 0.2) is 0 Å². The molecule has 164 valence electrons. The van der Waals surface area contributed by atoms with E-state index in [1.807, 2.05) is 0 Å². The van der Waals surface area contributed by atoms with Crippen molar-refractivity contribution < 1.29 is 19.8 Å². The Bertz CT molecular complexity index is 645.